The van der Waals surface area contributed by atoms with Gasteiger partial charge in [0, 0.05) is 24.4 Å². The third-order valence-electron chi connectivity index (χ3n) is 3.14. The molecule has 0 bridgehead atoms. The lowest BCUT2D eigenvalue weighted by Crippen LogP contribution is -2.28. The molecular formula is C12H15N3. The standard InChI is InChI=1S/C12H15N3/c1-2-9(8-13-6-1)10-3-4-11-12(15-10)5-7-14-11/h3-5,7,9,13-14H,1-2,6,8H2/t9-/m1/s1. The Kier molecular flexibility index (Phi) is 2.18. The largest absolute Gasteiger partial charge is 0.360 e. The van der Waals surface area contributed by atoms with Crippen molar-refractivity contribution in [1.82, 2.24) is 15.3 Å². The van der Waals surface area contributed by atoms with Gasteiger partial charge in [0.1, 0.15) is 0 Å². The number of aromatic nitrogens is 2. The molecule has 0 spiro atoms. The fraction of sp³-hybridized carbons (Fsp3) is 0.417. The number of hydrogen-bond donors (Lipinski definition) is 2. The Morgan fingerprint density at radius 1 is 1.27 bits per heavy atom. The Balaban J connectivity index is 1.95. The second kappa shape index (κ2) is 3.66. The van der Waals surface area contributed by atoms with Crippen LogP contribution in [0.1, 0.15) is 24.5 Å². The third-order valence-corrected chi connectivity index (χ3v) is 3.14. The Labute approximate surface area is 88.9 Å². The molecule has 3 heteroatoms. The predicted octanol–water partition coefficient (Wildman–Crippen LogP) is 2.03. The van der Waals surface area contributed by atoms with E-state index < -0.39 is 0 Å². The van der Waals surface area contributed by atoms with Crippen LogP contribution in [-0.2, 0) is 0 Å². The van der Waals surface area contributed by atoms with Crippen molar-refractivity contribution >= 4 is 11.0 Å². The third kappa shape index (κ3) is 1.63. The fourth-order valence-electron chi connectivity index (χ4n) is 2.28. The van der Waals surface area contributed by atoms with E-state index in [1.807, 2.05) is 12.3 Å². The maximum atomic E-state index is 4.69. The van der Waals surface area contributed by atoms with Gasteiger partial charge < -0.3 is 10.3 Å². The molecule has 1 aliphatic heterocycles. The first-order valence-corrected chi connectivity index (χ1v) is 5.58. The van der Waals surface area contributed by atoms with Crippen molar-refractivity contribution in [2.75, 3.05) is 13.1 Å². The summed E-state index contributed by atoms with van der Waals surface area (Å²) < 4.78 is 0. The van der Waals surface area contributed by atoms with Crippen LogP contribution in [0.25, 0.3) is 11.0 Å². The van der Waals surface area contributed by atoms with E-state index in [0.29, 0.717) is 5.92 Å². The average Bonchev–Trinajstić information content (AvgIpc) is 2.77. The SMILES string of the molecule is c1cc2nc([C@@H]3CCCNC3)ccc2[nH]1. The Bertz CT molecular complexity index is 455. The summed E-state index contributed by atoms with van der Waals surface area (Å²) in [5.41, 5.74) is 3.44. The molecule has 0 radical (unpaired) electrons. The minimum absolute atomic E-state index is 0.595. The van der Waals surface area contributed by atoms with Gasteiger partial charge in [0.15, 0.2) is 0 Å². The summed E-state index contributed by atoms with van der Waals surface area (Å²) in [7, 11) is 0. The van der Waals surface area contributed by atoms with Crippen LogP contribution in [0.2, 0.25) is 0 Å². The molecule has 0 amide bonds. The van der Waals surface area contributed by atoms with Crippen LogP contribution in [0.3, 0.4) is 0 Å². The fourth-order valence-corrected chi connectivity index (χ4v) is 2.28. The lowest BCUT2D eigenvalue weighted by molar-refractivity contribution is 0.455. The summed E-state index contributed by atoms with van der Waals surface area (Å²) in [5, 5.41) is 3.43. The molecule has 15 heavy (non-hydrogen) atoms. The van der Waals surface area contributed by atoms with E-state index >= 15 is 0 Å². The predicted molar refractivity (Wildman–Crippen MR) is 60.9 cm³/mol. The molecule has 0 aliphatic carbocycles. The van der Waals surface area contributed by atoms with Crippen molar-refractivity contribution in [2.24, 2.45) is 0 Å². The van der Waals surface area contributed by atoms with Gasteiger partial charge in [-0.2, -0.15) is 0 Å². The van der Waals surface area contributed by atoms with Gasteiger partial charge in [-0.05, 0) is 37.6 Å². The van der Waals surface area contributed by atoms with Crippen molar-refractivity contribution in [3.63, 3.8) is 0 Å². The number of nitrogens with one attached hydrogen (secondary N) is 2. The summed E-state index contributed by atoms with van der Waals surface area (Å²) in [6.45, 7) is 2.23. The first kappa shape index (κ1) is 8.92. The molecule has 3 heterocycles. The van der Waals surface area contributed by atoms with Gasteiger partial charge in [-0.1, -0.05) is 0 Å². The van der Waals surface area contributed by atoms with Crippen LogP contribution < -0.4 is 5.32 Å². The maximum Gasteiger partial charge on any atom is 0.0882 e. The molecule has 0 saturated carbocycles. The highest BCUT2D eigenvalue weighted by Crippen LogP contribution is 2.23. The van der Waals surface area contributed by atoms with Crippen molar-refractivity contribution < 1.29 is 0 Å². The topological polar surface area (TPSA) is 40.7 Å². The molecular weight excluding hydrogens is 186 g/mol. The van der Waals surface area contributed by atoms with Crippen molar-refractivity contribution in [2.45, 2.75) is 18.8 Å². The van der Waals surface area contributed by atoms with E-state index in [2.05, 4.69) is 27.4 Å². The van der Waals surface area contributed by atoms with Crippen molar-refractivity contribution in [1.29, 1.82) is 0 Å². The van der Waals surface area contributed by atoms with Crippen molar-refractivity contribution in [3.8, 4) is 0 Å². The minimum Gasteiger partial charge on any atom is -0.360 e. The number of pyridine rings is 1. The zero-order valence-corrected chi connectivity index (χ0v) is 8.66. The van der Waals surface area contributed by atoms with Gasteiger partial charge >= 0.3 is 0 Å². The minimum atomic E-state index is 0.595. The van der Waals surface area contributed by atoms with E-state index in [-0.39, 0.29) is 0 Å². The van der Waals surface area contributed by atoms with E-state index in [0.717, 1.165) is 24.1 Å². The average molecular weight is 201 g/mol. The first-order valence-electron chi connectivity index (χ1n) is 5.58. The first-order chi connectivity index (χ1) is 7.43. The zero-order valence-electron chi connectivity index (χ0n) is 8.66. The molecule has 3 rings (SSSR count). The summed E-state index contributed by atoms with van der Waals surface area (Å²) >= 11 is 0. The van der Waals surface area contributed by atoms with Gasteiger partial charge in [0.05, 0.1) is 11.0 Å². The number of aromatic amines is 1. The maximum absolute atomic E-state index is 4.69. The number of nitrogens with zero attached hydrogens (tertiary/aromatic N) is 1. The van der Waals surface area contributed by atoms with Gasteiger partial charge in [-0.15, -0.1) is 0 Å². The van der Waals surface area contributed by atoms with Crippen LogP contribution in [0, 0.1) is 0 Å². The molecule has 1 atom stereocenters. The highest BCUT2D eigenvalue weighted by atomic mass is 14.9. The molecule has 0 aromatic carbocycles. The number of piperidine rings is 1. The number of fused-ring (bicyclic) bond motifs is 1. The smallest absolute Gasteiger partial charge is 0.0882 e. The second-order valence-electron chi connectivity index (χ2n) is 4.19. The van der Waals surface area contributed by atoms with Crippen LogP contribution in [-0.4, -0.2) is 23.1 Å². The van der Waals surface area contributed by atoms with E-state index in [4.69, 9.17) is 0 Å². The lowest BCUT2D eigenvalue weighted by Gasteiger charge is -2.22. The summed E-state index contributed by atoms with van der Waals surface area (Å²) in [6, 6.07) is 6.32. The lowest BCUT2D eigenvalue weighted by atomic mass is 9.95. The highest BCUT2D eigenvalue weighted by molar-refractivity contribution is 5.74. The van der Waals surface area contributed by atoms with Gasteiger partial charge in [0.25, 0.3) is 0 Å². The number of H-pyrrole nitrogens is 1. The summed E-state index contributed by atoms with van der Waals surface area (Å²) in [6.07, 6.45) is 4.47. The second-order valence-corrected chi connectivity index (χ2v) is 4.19. The van der Waals surface area contributed by atoms with E-state index in [1.54, 1.807) is 0 Å². The molecule has 2 aromatic heterocycles. The monoisotopic (exact) mass is 201 g/mol. The molecule has 1 fully saturated rings. The quantitative estimate of drug-likeness (QED) is 0.741. The number of rotatable bonds is 1. The molecule has 1 aliphatic rings. The van der Waals surface area contributed by atoms with E-state index in [1.165, 1.54) is 18.5 Å². The van der Waals surface area contributed by atoms with E-state index in [9.17, 15) is 0 Å². The van der Waals surface area contributed by atoms with Crippen LogP contribution in [0.15, 0.2) is 24.4 Å². The van der Waals surface area contributed by atoms with Gasteiger partial charge in [-0.3, -0.25) is 4.98 Å². The summed E-state index contributed by atoms with van der Waals surface area (Å²) in [5.74, 6) is 0.595. The normalized spacial score (nSPS) is 22.0. The molecule has 2 aromatic rings. The van der Waals surface area contributed by atoms with Gasteiger partial charge in [0.2, 0.25) is 0 Å². The molecule has 1 saturated heterocycles. The Morgan fingerprint density at radius 3 is 3.13 bits per heavy atom. The molecule has 78 valence electrons. The van der Waals surface area contributed by atoms with Gasteiger partial charge in [-0.25, -0.2) is 0 Å². The summed E-state index contributed by atoms with van der Waals surface area (Å²) in [4.78, 5) is 7.86. The molecule has 0 unspecified atom stereocenters. The number of hydrogen-bond acceptors (Lipinski definition) is 2. The molecule has 3 nitrogen and oxygen atoms in total. The van der Waals surface area contributed by atoms with Crippen LogP contribution >= 0.6 is 0 Å². The highest BCUT2D eigenvalue weighted by Gasteiger charge is 2.16. The Hall–Kier alpha value is -1.35. The Morgan fingerprint density at radius 2 is 2.27 bits per heavy atom. The zero-order chi connectivity index (χ0) is 10.1. The van der Waals surface area contributed by atoms with Crippen LogP contribution in [0.4, 0.5) is 0 Å². The van der Waals surface area contributed by atoms with Crippen molar-refractivity contribution in [3.05, 3.63) is 30.1 Å². The molecule has 2 N–H and O–H groups in total. The van der Waals surface area contributed by atoms with Crippen LogP contribution in [0.5, 0.6) is 0 Å².